The van der Waals surface area contributed by atoms with Crippen molar-refractivity contribution in [3.8, 4) is 11.5 Å². The van der Waals surface area contributed by atoms with Gasteiger partial charge in [-0.1, -0.05) is 24.3 Å². The van der Waals surface area contributed by atoms with Gasteiger partial charge in [-0.3, -0.25) is 19.3 Å². The number of halogens is 1. The Balaban J connectivity index is 1.75. The van der Waals surface area contributed by atoms with Crippen LogP contribution in [-0.4, -0.2) is 40.7 Å². The Morgan fingerprint density at radius 1 is 1.25 bits per heavy atom. The van der Waals surface area contributed by atoms with Crippen LogP contribution in [0.15, 0.2) is 47.4 Å². The maximum absolute atomic E-state index is 13.6. The quantitative estimate of drug-likeness (QED) is 0.746. The van der Waals surface area contributed by atoms with Crippen LogP contribution in [0.4, 0.5) is 14.9 Å². The normalized spacial score (nSPS) is 15.2. The van der Waals surface area contributed by atoms with Crippen LogP contribution < -0.4 is 10.1 Å². The number of amides is 3. The smallest absolute Gasteiger partial charge is 0.294 e. The minimum atomic E-state index is -0.710. The molecule has 2 aromatic carbocycles. The number of nitrogens with one attached hydrogen (secondary N) is 1. The summed E-state index contributed by atoms with van der Waals surface area (Å²) in [5, 5.41) is 11.8. The van der Waals surface area contributed by atoms with E-state index in [1.54, 1.807) is 24.3 Å². The molecule has 0 aromatic heterocycles. The Bertz CT molecular complexity index is 992. The number of carbonyl (C=O) groups is 3. The fourth-order valence-electron chi connectivity index (χ4n) is 2.49. The first-order valence-corrected chi connectivity index (χ1v) is 8.88. The van der Waals surface area contributed by atoms with Crippen molar-refractivity contribution in [1.82, 2.24) is 4.90 Å². The molecule has 0 saturated carbocycles. The molecule has 0 bridgehead atoms. The third-order valence-electron chi connectivity index (χ3n) is 3.86. The largest absolute Gasteiger partial charge is 0.504 e. The summed E-state index contributed by atoms with van der Waals surface area (Å²) >= 11 is 0.643. The number of rotatable bonds is 5. The number of methoxy groups -OCH3 is 1. The molecule has 28 heavy (non-hydrogen) atoms. The highest BCUT2D eigenvalue weighted by molar-refractivity contribution is 8.18. The van der Waals surface area contributed by atoms with E-state index in [0.29, 0.717) is 17.3 Å². The number of hydrogen-bond acceptors (Lipinski definition) is 6. The first kappa shape index (κ1) is 19.4. The van der Waals surface area contributed by atoms with Gasteiger partial charge in [0.15, 0.2) is 11.5 Å². The second-order valence-electron chi connectivity index (χ2n) is 5.69. The molecular formula is C19H15FN2O5S. The molecule has 2 N–H and O–H groups in total. The Morgan fingerprint density at radius 2 is 2.00 bits per heavy atom. The molecule has 3 rings (SSSR count). The van der Waals surface area contributed by atoms with Gasteiger partial charge in [0.25, 0.3) is 11.1 Å². The van der Waals surface area contributed by atoms with Gasteiger partial charge in [-0.15, -0.1) is 0 Å². The van der Waals surface area contributed by atoms with Crippen LogP contribution >= 0.6 is 11.8 Å². The molecule has 1 saturated heterocycles. The van der Waals surface area contributed by atoms with Crippen molar-refractivity contribution >= 4 is 40.6 Å². The van der Waals surface area contributed by atoms with Crippen LogP contribution in [-0.2, 0) is 9.59 Å². The SMILES string of the molecule is COc1cccc(/C=C2\SC(=O)N(CC(=O)Nc3ccccc3F)C2=O)c1O. The maximum Gasteiger partial charge on any atom is 0.294 e. The lowest BCUT2D eigenvalue weighted by Gasteiger charge is -2.12. The van der Waals surface area contributed by atoms with Gasteiger partial charge in [0, 0.05) is 5.56 Å². The Hall–Kier alpha value is -3.33. The second kappa shape index (κ2) is 8.13. The number of ether oxygens (including phenoxy) is 1. The highest BCUT2D eigenvalue weighted by Gasteiger charge is 2.36. The predicted molar refractivity (Wildman–Crippen MR) is 102 cm³/mol. The lowest BCUT2D eigenvalue weighted by molar-refractivity contribution is -0.127. The number of carbonyl (C=O) groups excluding carboxylic acids is 3. The van der Waals surface area contributed by atoms with E-state index >= 15 is 0 Å². The number of para-hydroxylation sites is 2. The summed E-state index contributed by atoms with van der Waals surface area (Å²) in [6.07, 6.45) is 1.34. The summed E-state index contributed by atoms with van der Waals surface area (Å²) in [4.78, 5) is 37.5. The van der Waals surface area contributed by atoms with E-state index in [1.165, 1.54) is 31.4 Å². The minimum Gasteiger partial charge on any atom is -0.504 e. The first-order chi connectivity index (χ1) is 13.4. The van der Waals surface area contributed by atoms with Crippen molar-refractivity contribution in [2.75, 3.05) is 19.0 Å². The van der Waals surface area contributed by atoms with Crippen molar-refractivity contribution in [3.63, 3.8) is 0 Å². The molecule has 144 valence electrons. The standard InChI is InChI=1S/C19H15FN2O5S/c1-27-14-8-4-5-11(17(14)24)9-15-18(25)22(19(26)28-15)10-16(23)21-13-7-3-2-6-12(13)20/h2-9,24H,10H2,1H3,(H,21,23)/b15-9-. The molecule has 9 heteroatoms. The van der Waals surface area contributed by atoms with Gasteiger partial charge in [0.05, 0.1) is 17.7 Å². The van der Waals surface area contributed by atoms with Crippen molar-refractivity contribution < 1.29 is 28.6 Å². The first-order valence-electron chi connectivity index (χ1n) is 8.06. The Morgan fingerprint density at radius 3 is 2.71 bits per heavy atom. The molecule has 0 spiro atoms. The monoisotopic (exact) mass is 402 g/mol. The molecule has 1 aliphatic rings. The van der Waals surface area contributed by atoms with Gasteiger partial charge in [0.1, 0.15) is 12.4 Å². The van der Waals surface area contributed by atoms with E-state index in [4.69, 9.17) is 4.74 Å². The van der Waals surface area contributed by atoms with Gasteiger partial charge >= 0.3 is 0 Å². The van der Waals surface area contributed by atoms with E-state index in [-0.39, 0.29) is 22.1 Å². The number of imide groups is 1. The molecule has 1 heterocycles. The Labute approximate surface area is 163 Å². The average Bonchev–Trinajstić information content (AvgIpc) is 2.93. The number of nitrogens with zero attached hydrogens (tertiary/aromatic N) is 1. The summed E-state index contributed by atoms with van der Waals surface area (Å²) in [5.74, 6) is -1.97. The number of phenolic OH excluding ortho intramolecular Hbond substituents is 1. The molecule has 0 atom stereocenters. The van der Waals surface area contributed by atoms with Crippen LogP contribution in [0.5, 0.6) is 11.5 Å². The second-order valence-corrected chi connectivity index (χ2v) is 6.69. The molecule has 0 unspecified atom stereocenters. The highest BCUT2D eigenvalue weighted by Crippen LogP contribution is 2.36. The lowest BCUT2D eigenvalue weighted by Crippen LogP contribution is -2.36. The lowest BCUT2D eigenvalue weighted by atomic mass is 10.1. The van der Waals surface area contributed by atoms with Crippen molar-refractivity contribution in [3.05, 3.63) is 58.8 Å². The summed E-state index contributed by atoms with van der Waals surface area (Å²) < 4.78 is 18.6. The van der Waals surface area contributed by atoms with Gasteiger partial charge < -0.3 is 15.2 Å². The number of aromatic hydroxyl groups is 1. The molecular weight excluding hydrogens is 387 g/mol. The van der Waals surface area contributed by atoms with Crippen molar-refractivity contribution in [1.29, 1.82) is 0 Å². The van der Waals surface area contributed by atoms with Crippen LogP contribution in [0.2, 0.25) is 0 Å². The summed E-state index contributed by atoms with van der Waals surface area (Å²) in [6, 6.07) is 10.3. The van der Waals surface area contributed by atoms with E-state index in [1.807, 2.05) is 0 Å². The number of hydrogen-bond donors (Lipinski definition) is 2. The zero-order valence-corrected chi connectivity index (χ0v) is 15.5. The zero-order valence-electron chi connectivity index (χ0n) is 14.6. The molecule has 2 aromatic rings. The molecule has 7 nitrogen and oxygen atoms in total. The van der Waals surface area contributed by atoms with Gasteiger partial charge in [-0.25, -0.2) is 4.39 Å². The fraction of sp³-hybridized carbons (Fsp3) is 0.105. The third-order valence-corrected chi connectivity index (χ3v) is 4.77. The van der Waals surface area contributed by atoms with Crippen LogP contribution in [0, 0.1) is 5.82 Å². The van der Waals surface area contributed by atoms with E-state index in [9.17, 15) is 23.9 Å². The van der Waals surface area contributed by atoms with E-state index < -0.39 is 29.4 Å². The molecule has 1 aliphatic heterocycles. The van der Waals surface area contributed by atoms with Gasteiger partial charge in [-0.2, -0.15) is 0 Å². The third kappa shape index (κ3) is 3.99. The number of benzene rings is 2. The number of thioether (sulfide) groups is 1. The summed E-state index contributed by atoms with van der Waals surface area (Å²) in [7, 11) is 1.39. The summed E-state index contributed by atoms with van der Waals surface area (Å²) in [6.45, 7) is -0.555. The molecule has 1 fully saturated rings. The molecule has 0 radical (unpaired) electrons. The van der Waals surface area contributed by atoms with Crippen LogP contribution in [0.1, 0.15) is 5.56 Å². The number of phenols is 1. The van der Waals surface area contributed by atoms with Crippen molar-refractivity contribution in [2.24, 2.45) is 0 Å². The maximum atomic E-state index is 13.6. The topological polar surface area (TPSA) is 95.9 Å². The van der Waals surface area contributed by atoms with Crippen molar-refractivity contribution in [2.45, 2.75) is 0 Å². The van der Waals surface area contributed by atoms with Crippen LogP contribution in [0.3, 0.4) is 0 Å². The van der Waals surface area contributed by atoms with Gasteiger partial charge in [0.2, 0.25) is 5.91 Å². The average molecular weight is 402 g/mol. The van der Waals surface area contributed by atoms with Crippen LogP contribution in [0.25, 0.3) is 6.08 Å². The fourth-order valence-corrected chi connectivity index (χ4v) is 3.32. The minimum absolute atomic E-state index is 0.0451. The predicted octanol–water partition coefficient (Wildman–Crippen LogP) is 3.21. The van der Waals surface area contributed by atoms with Gasteiger partial charge in [-0.05, 0) is 36.0 Å². The zero-order chi connectivity index (χ0) is 20.3. The molecule has 3 amide bonds. The number of anilines is 1. The van der Waals surface area contributed by atoms with E-state index in [0.717, 1.165) is 4.90 Å². The highest BCUT2D eigenvalue weighted by atomic mass is 32.2. The Kier molecular flexibility index (Phi) is 5.65. The van der Waals surface area contributed by atoms with E-state index in [2.05, 4.69) is 5.32 Å². The molecule has 0 aliphatic carbocycles. The summed E-state index contributed by atoms with van der Waals surface area (Å²) in [5.41, 5.74) is 0.247.